The fourth-order valence-electron chi connectivity index (χ4n) is 2.05. The first-order chi connectivity index (χ1) is 9.20. The molecule has 19 heavy (non-hydrogen) atoms. The van der Waals surface area contributed by atoms with Gasteiger partial charge in [-0.15, -0.1) is 11.3 Å². The van der Waals surface area contributed by atoms with Crippen LogP contribution in [0.25, 0.3) is 0 Å². The molecule has 2 aromatic rings. The standard InChI is InChI=1S/C15H19ClN2S/c1-3-17-10-12-9-13(16)6-7-15(12)18(2)11-14-5-4-8-19-14/h4-9,17H,3,10-11H2,1-2H3. The maximum Gasteiger partial charge on any atom is 0.0519 e. The topological polar surface area (TPSA) is 15.3 Å². The van der Waals surface area contributed by atoms with Gasteiger partial charge in [0, 0.05) is 29.2 Å². The summed E-state index contributed by atoms with van der Waals surface area (Å²) in [6.45, 7) is 4.85. The molecule has 0 saturated carbocycles. The first-order valence-electron chi connectivity index (χ1n) is 6.43. The van der Waals surface area contributed by atoms with Crippen LogP contribution in [0.1, 0.15) is 17.4 Å². The third-order valence-corrected chi connectivity index (χ3v) is 4.09. The average Bonchev–Trinajstić information content (AvgIpc) is 2.89. The summed E-state index contributed by atoms with van der Waals surface area (Å²) in [7, 11) is 2.12. The fourth-order valence-corrected chi connectivity index (χ4v) is 3.00. The molecule has 0 aliphatic heterocycles. The molecule has 0 fully saturated rings. The number of benzene rings is 1. The zero-order valence-electron chi connectivity index (χ0n) is 11.3. The molecule has 102 valence electrons. The third-order valence-electron chi connectivity index (χ3n) is 2.99. The summed E-state index contributed by atoms with van der Waals surface area (Å²) in [6.07, 6.45) is 0. The molecule has 0 aliphatic rings. The van der Waals surface area contributed by atoms with E-state index in [9.17, 15) is 0 Å². The van der Waals surface area contributed by atoms with E-state index in [-0.39, 0.29) is 0 Å². The highest BCUT2D eigenvalue weighted by Crippen LogP contribution is 2.25. The molecule has 2 rings (SSSR count). The number of rotatable bonds is 6. The molecule has 0 unspecified atom stereocenters. The van der Waals surface area contributed by atoms with Crippen LogP contribution in [-0.4, -0.2) is 13.6 Å². The Kier molecular flexibility index (Phi) is 5.25. The third kappa shape index (κ3) is 3.96. The van der Waals surface area contributed by atoms with E-state index < -0.39 is 0 Å². The van der Waals surface area contributed by atoms with Gasteiger partial charge in [0.25, 0.3) is 0 Å². The number of halogens is 1. The number of nitrogens with zero attached hydrogens (tertiary/aromatic N) is 1. The van der Waals surface area contributed by atoms with Crippen LogP contribution in [0.5, 0.6) is 0 Å². The van der Waals surface area contributed by atoms with Crippen LogP contribution in [0.15, 0.2) is 35.7 Å². The van der Waals surface area contributed by atoms with Crippen LogP contribution in [0, 0.1) is 0 Å². The Hall–Kier alpha value is -1.03. The molecule has 1 aromatic carbocycles. The van der Waals surface area contributed by atoms with Gasteiger partial charge in [0.15, 0.2) is 0 Å². The lowest BCUT2D eigenvalue weighted by atomic mass is 10.1. The summed E-state index contributed by atoms with van der Waals surface area (Å²) in [5.74, 6) is 0. The molecule has 0 aliphatic carbocycles. The first kappa shape index (κ1) is 14.4. The van der Waals surface area contributed by atoms with Crippen molar-refractivity contribution < 1.29 is 0 Å². The monoisotopic (exact) mass is 294 g/mol. The van der Waals surface area contributed by atoms with Crippen molar-refractivity contribution in [3.05, 3.63) is 51.2 Å². The molecule has 0 saturated heterocycles. The van der Waals surface area contributed by atoms with Gasteiger partial charge < -0.3 is 10.2 Å². The Bertz CT molecular complexity index is 511. The lowest BCUT2D eigenvalue weighted by Gasteiger charge is -2.22. The average molecular weight is 295 g/mol. The van der Waals surface area contributed by atoms with Crippen molar-refractivity contribution in [3.8, 4) is 0 Å². The minimum Gasteiger partial charge on any atom is -0.369 e. The molecule has 0 radical (unpaired) electrons. The van der Waals surface area contributed by atoms with E-state index in [0.29, 0.717) is 0 Å². The molecule has 0 spiro atoms. The van der Waals surface area contributed by atoms with E-state index in [0.717, 1.165) is 24.7 Å². The number of thiophene rings is 1. The summed E-state index contributed by atoms with van der Waals surface area (Å²) in [5.41, 5.74) is 2.48. The van der Waals surface area contributed by atoms with E-state index in [1.807, 2.05) is 12.1 Å². The Labute approximate surface area is 124 Å². The van der Waals surface area contributed by atoms with E-state index in [1.54, 1.807) is 11.3 Å². The smallest absolute Gasteiger partial charge is 0.0519 e. The van der Waals surface area contributed by atoms with Crippen molar-refractivity contribution >= 4 is 28.6 Å². The zero-order chi connectivity index (χ0) is 13.7. The van der Waals surface area contributed by atoms with Crippen molar-refractivity contribution in [2.45, 2.75) is 20.0 Å². The SMILES string of the molecule is CCNCc1cc(Cl)ccc1N(C)Cc1cccs1. The van der Waals surface area contributed by atoms with Gasteiger partial charge in [0.1, 0.15) is 0 Å². The van der Waals surface area contributed by atoms with Gasteiger partial charge >= 0.3 is 0 Å². The van der Waals surface area contributed by atoms with Gasteiger partial charge in [-0.3, -0.25) is 0 Å². The Morgan fingerprint density at radius 1 is 1.32 bits per heavy atom. The molecule has 0 bridgehead atoms. The highest BCUT2D eigenvalue weighted by atomic mass is 35.5. The maximum atomic E-state index is 6.10. The van der Waals surface area contributed by atoms with Gasteiger partial charge in [0.05, 0.1) is 6.54 Å². The molecule has 0 atom stereocenters. The second-order valence-corrected chi connectivity index (χ2v) is 5.96. The van der Waals surface area contributed by atoms with E-state index >= 15 is 0 Å². The van der Waals surface area contributed by atoms with Crippen LogP contribution < -0.4 is 10.2 Å². The van der Waals surface area contributed by atoms with Crippen LogP contribution in [0.3, 0.4) is 0 Å². The van der Waals surface area contributed by atoms with Gasteiger partial charge in [0.2, 0.25) is 0 Å². The highest BCUT2D eigenvalue weighted by Gasteiger charge is 2.09. The molecule has 2 nitrogen and oxygen atoms in total. The highest BCUT2D eigenvalue weighted by molar-refractivity contribution is 7.09. The Morgan fingerprint density at radius 2 is 2.16 bits per heavy atom. The van der Waals surface area contributed by atoms with Crippen LogP contribution in [-0.2, 0) is 13.1 Å². The minimum atomic E-state index is 0.793. The number of anilines is 1. The molecular weight excluding hydrogens is 276 g/mol. The van der Waals surface area contributed by atoms with Crippen LogP contribution in [0.2, 0.25) is 5.02 Å². The molecule has 1 heterocycles. The van der Waals surface area contributed by atoms with Gasteiger partial charge in [-0.05, 0) is 41.8 Å². The summed E-state index contributed by atoms with van der Waals surface area (Å²) in [4.78, 5) is 3.64. The largest absolute Gasteiger partial charge is 0.369 e. The molecular formula is C15H19ClN2S. The minimum absolute atomic E-state index is 0.793. The van der Waals surface area contributed by atoms with Crippen LogP contribution in [0.4, 0.5) is 5.69 Å². The van der Waals surface area contributed by atoms with E-state index in [4.69, 9.17) is 11.6 Å². The summed E-state index contributed by atoms with van der Waals surface area (Å²) in [6, 6.07) is 10.4. The van der Waals surface area contributed by atoms with Crippen molar-refractivity contribution in [2.24, 2.45) is 0 Å². The lowest BCUT2D eigenvalue weighted by molar-refractivity contribution is 0.723. The zero-order valence-corrected chi connectivity index (χ0v) is 12.9. The van der Waals surface area contributed by atoms with Crippen molar-refractivity contribution in [3.63, 3.8) is 0 Å². The number of hydrogen-bond acceptors (Lipinski definition) is 3. The second-order valence-electron chi connectivity index (χ2n) is 4.49. The van der Waals surface area contributed by atoms with Crippen molar-refractivity contribution in [1.29, 1.82) is 0 Å². The lowest BCUT2D eigenvalue weighted by Crippen LogP contribution is -2.20. The predicted octanol–water partition coefficient (Wildman–Crippen LogP) is 4.15. The van der Waals surface area contributed by atoms with Gasteiger partial charge in [-0.2, -0.15) is 0 Å². The normalized spacial score (nSPS) is 10.7. The fraction of sp³-hybridized carbons (Fsp3) is 0.333. The number of hydrogen-bond donors (Lipinski definition) is 1. The van der Waals surface area contributed by atoms with Crippen LogP contribution >= 0.6 is 22.9 Å². The first-order valence-corrected chi connectivity index (χ1v) is 7.69. The summed E-state index contributed by atoms with van der Waals surface area (Å²) < 4.78 is 0. The van der Waals surface area contributed by atoms with Gasteiger partial charge in [-0.1, -0.05) is 24.6 Å². The number of nitrogens with one attached hydrogen (secondary N) is 1. The van der Waals surface area contributed by atoms with E-state index in [1.165, 1.54) is 16.1 Å². The second kappa shape index (κ2) is 6.94. The Balaban J connectivity index is 2.17. The Morgan fingerprint density at radius 3 is 2.84 bits per heavy atom. The van der Waals surface area contributed by atoms with Crippen molar-refractivity contribution in [1.82, 2.24) is 5.32 Å². The predicted molar refractivity (Wildman–Crippen MR) is 85.3 cm³/mol. The van der Waals surface area contributed by atoms with Gasteiger partial charge in [-0.25, -0.2) is 0 Å². The maximum absolute atomic E-state index is 6.10. The molecule has 1 aromatic heterocycles. The van der Waals surface area contributed by atoms with Crippen molar-refractivity contribution in [2.75, 3.05) is 18.5 Å². The molecule has 1 N–H and O–H groups in total. The molecule has 4 heteroatoms. The molecule has 0 amide bonds. The summed E-state index contributed by atoms with van der Waals surface area (Å²) >= 11 is 7.89. The quantitative estimate of drug-likeness (QED) is 0.861. The summed E-state index contributed by atoms with van der Waals surface area (Å²) in [5, 5.41) is 6.27. The van der Waals surface area contributed by atoms with E-state index in [2.05, 4.69) is 47.8 Å².